The molecule has 2 amide bonds. The number of amides is 2. The molecule has 2 aliphatic heterocycles. The third-order valence-electron chi connectivity index (χ3n) is 3.32. The first-order valence-corrected chi connectivity index (χ1v) is 6.36. The van der Waals surface area contributed by atoms with Crippen LogP contribution in [0.15, 0.2) is 0 Å². The first kappa shape index (κ1) is 11.7. The molecule has 0 aliphatic carbocycles. The highest BCUT2D eigenvalue weighted by Gasteiger charge is 2.29. The van der Waals surface area contributed by atoms with Crippen molar-refractivity contribution in [2.24, 2.45) is 0 Å². The Bertz CT molecular complexity index is 241. The van der Waals surface area contributed by atoms with E-state index in [2.05, 4.69) is 0 Å². The third-order valence-corrected chi connectivity index (χ3v) is 3.32. The number of carbonyl (C=O) groups is 1. The molecule has 0 aromatic heterocycles. The molecule has 4 nitrogen and oxygen atoms in total. The van der Waals surface area contributed by atoms with Gasteiger partial charge in [-0.05, 0) is 33.1 Å². The lowest BCUT2D eigenvalue weighted by Gasteiger charge is -2.39. The zero-order valence-electron chi connectivity index (χ0n) is 10.3. The van der Waals surface area contributed by atoms with Crippen LogP contribution >= 0.6 is 0 Å². The maximum absolute atomic E-state index is 12.2. The van der Waals surface area contributed by atoms with Crippen molar-refractivity contribution in [2.75, 3.05) is 26.2 Å². The molecule has 2 heterocycles. The molecule has 0 spiro atoms. The van der Waals surface area contributed by atoms with Crippen molar-refractivity contribution in [3.8, 4) is 0 Å². The number of piperidine rings is 1. The van der Waals surface area contributed by atoms with E-state index in [1.165, 1.54) is 6.42 Å². The highest BCUT2D eigenvalue weighted by molar-refractivity contribution is 5.74. The minimum Gasteiger partial charge on any atom is -0.372 e. The maximum Gasteiger partial charge on any atom is 0.320 e. The Morgan fingerprint density at radius 3 is 2.12 bits per heavy atom. The molecular formula is C12H22N2O2. The van der Waals surface area contributed by atoms with Gasteiger partial charge in [0.1, 0.15) is 0 Å². The van der Waals surface area contributed by atoms with E-state index in [1.807, 2.05) is 23.6 Å². The van der Waals surface area contributed by atoms with E-state index in [9.17, 15) is 4.79 Å². The smallest absolute Gasteiger partial charge is 0.320 e. The van der Waals surface area contributed by atoms with Crippen LogP contribution in [0.25, 0.3) is 0 Å². The zero-order chi connectivity index (χ0) is 11.5. The Balaban J connectivity index is 1.92. The summed E-state index contributed by atoms with van der Waals surface area (Å²) in [5.74, 6) is 0. The standard InChI is InChI=1S/C12H22N2O2/c1-10-8-14(9-11(2)16-10)12(15)13-6-4-3-5-7-13/h10-11H,3-9H2,1-2H3/t10-,11+. The normalized spacial score (nSPS) is 31.6. The SMILES string of the molecule is C[C@@H]1CN(C(=O)N2CCCCC2)C[C@H](C)O1. The highest BCUT2D eigenvalue weighted by Crippen LogP contribution is 2.16. The van der Waals surface area contributed by atoms with E-state index >= 15 is 0 Å². The summed E-state index contributed by atoms with van der Waals surface area (Å²) in [5, 5.41) is 0. The number of nitrogens with zero attached hydrogens (tertiary/aromatic N) is 2. The number of urea groups is 1. The lowest BCUT2D eigenvalue weighted by molar-refractivity contribution is -0.0585. The molecule has 0 radical (unpaired) electrons. The Morgan fingerprint density at radius 1 is 1.00 bits per heavy atom. The van der Waals surface area contributed by atoms with Crippen LogP contribution in [0.5, 0.6) is 0 Å². The quantitative estimate of drug-likeness (QED) is 0.630. The Labute approximate surface area is 97.5 Å². The second-order valence-corrected chi connectivity index (χ2v) is 4.99. The predicted molar refractivity (Wildman–Crippen MR) is 62.4 cm³/mol. The number of carbonyl (C=O) groups excluding carboxylic acids is 1. The largest absolute Gasteiger partial charge is 0.372 e. The molecule has 0 aromatic carbocycles. The Morgan fingerprint density at radius 2 is 1.56 bits per heavy atom. The van der Waals surface area contributed by atoms with E-state index in [-0.39, 0.29) is 18.2 Å². The van der Waals surface area contributed by atoms with Gasteiger partial charge in [0.15, 0.2) is 0 Å². The molecule has 2 saturated heterocycles. The number of ether oxygens (including phenoxy) is 1. The van der Waals surface area contributed by atoms with Crippen LogP contribution in [-0.2, 0) is 4.74 Å². The first-order chi connectivity index (χ1) is 7.66. The van der Waals surface area contributed by atoms with Crippen LogP contribution in [0, 0.1) is 0 Å². The van der Waals surface area contributed by atoms with Gasteiger partial charge >= 0.3 is 6.03 Å². The van der Waals surface area contributed by atoms with Crippen LogP contribution in [0.2, 0.25) is 0 Å². The minimum absolute atomic E-state index is 0.164. The van der Waals surface area contributed by atoms with Gasteiger partial charge < -0.3 is 14.5 Å². The fourth-order valence-electron chi connectivity index (χ4n) is 2.62. The summed E-state index contributed by atoms with van der Waals surface area (Å²) in [6, 6.07) is 0.210. The maximum atomic E-state index is 12.2. The topological polar surface area (TPSA) is 32.8 Å². The number of hydrogen-bond donors (Lipinski definition) is 0. The summed E-state index contributed by atoms with van der Waals surface area (Å²) in [6.45, 7) is 7.40. The second kappa shape index (κ2) is 5.04. The minimum atomic E-state index is 0.164. The molecule has 92 valence electrons. The van der Waals surface area contributed by atoms with Crippen LogP contribution in [0.1, 0.15) is 33.1 Å². The van der Waals surface area contributed by atoms with Crippen LogP contribution in [0.3, 0.4) is 0 Å². The lowest BCUT2D eigenvalue weighted by Crippen LogP contribution is -2.53. The lowest BCUT2D eigenvalue weighted by atomic mass is 10.1. The van der Waals surface area contributed by atoms with E-state index in [1.54, 1.807) is 0 Å². The number of morpholine rings is 1. The molecule has 0 unspecified atom stereocenters. The molecule has 16 heavy (non-hydrogen) atoms. The predicted octanol–water partition coefficient (Wildman–Crippen LogP) is 1.70. The fraction of sp³-hybridized carbons (Fsp3) is 0.917. The average Bonchev–Trinajstić information content (AvgIpc) is 2.28. The average molecular weight is 226 g/mol. The second-order valence-electron chi connectivity index (χ2n) is 4.99. The van der Waals surface area contributed by atoms with Gasteiger partial charge in [0.25, 0.3) is 0 Å². The van der Waals surface area contributed by atoms with Crippen molar-refractivity contribution >= 4 is 6.03 Å². The monoisotopic (exact) mass is 226 g/mol. The third kappa shape index (κ3) is 2.67. The van der Waals surface area contributed by atoms with Gasteiger partial charge in [-0.25, -0.2) is 4.79 Å². The van der Waals surface area contributed by atoms with Gasteiger partial charge in [0.2, 0.25) is 0 Å². The summed E-state index contributed by atoms with van der Waals surface area (Å²) in [4.78, 5) is 16.2. The van der Waals surface area contributed by atoms with E-state index in [0.717, 1.165) is 39.0 Å². The summed E-state index contributed by atoms with van der Waals surface area (Å²) in [6.07, 6.45) is 3.90. The summed E-state index contributed by atoms with van der Waals surface area (Å²) in [5.41, 5.74) is 0. The number of rotatable bonds is 0. The van der Waals surface area contributed by atoms with Crippen molar-refractivity contribution in [1.82, 2.24) is 9.80 Å². The molecule has 0 aromatic rings. The molecule has 0 bridgehead atoms. The molecule has 2 rings (SSSR count). The highest BCUT2D eigenvalue weighted by atomic mass is 16.5. The molecular weight excluding hydrogens is 204 g/mol. The van der Waals surface area contributed by atoms with E-state index in [4.69, 9.17) is 4.74 Å². The summed E-state index contributed by atoms with van der Waals surface area (Å²) >= 11 is 0. The Kier molecular flexibility index (Phi) is 3.69. The van der Waals surface area contributed by atoms with Crippen molar-refractivity contribution in [2.45, 2.75) is 45.3 Å². The van der Waals surface area contributed by atoms with Gasteiger partial charge in [0, 0.05) is 26.2 Å². The number of hydrogen-bond acceptors (Lipinski definition) is 2. The fourth-order valence-corrected chi connectivity index (χ4v) is 2.62. The Hall–Kier alpha value is -0.770. The first-order valence-electron chi connectivity index (χ1n) is 6.36. The number of likely N-dealkylation sites (tertiary alicyclic amines) is 1. The molecule has 0 saturated carbocycles. The van der Waals surface area contributed by atoms with Crippen LogP contribution in [0.4, 0.5) is 4.79 Å². The van der Waals surface area contributed by atoms with Gasteiger partial charge in [0.05, 0.1) is 12.2 Å². The van der Waals surface area contributed by atoms with Gasteiger partial charge in [-0.1, -0.05) is 0 Å². The summed E-state index contributed by atoms with van der Waals surface area (Å²) < 4.78 is 5.64. The van der Waals surface area contributed by atoms with Crippen molar-refractivity contribution < 1.29 is 9.53 Å². The van der Waals surface area contributed by atoms with Crippen molar-refractivity contribution in [1.29, 1.82) is 0 Å². The molecule has 0 N–H and O–H groups in total. The van der Waals surface area contributed by atoms with Gasteiger partial charge in [-0.3, -0.25) is 0 Å². The van der Waals surface area contributed by atoms with E-state index < -0.39 is 0 Å². The molecule has 2 fully saturated rings. The molecule has 4 heteroatoms. The zero-order valence-corrected chi connectivity index (χ0v) is 10.3. The van der Waals surface area contributed by atoms with Crippen molar-refractivity contribution in [3.63, 3.8) is 0 Å². The van der Waals surface area contributed by atoms with E-state index in [0.29, 0.717) is 0 Å². The summed E-state index contributed by atoms with van der Waals surface area (Å²) in [7, 11) is 0. The van der Waals surface area contributed by atoms with Gasteiger partial charge in [-0.2, -0.15) is 0 Å². The van der Waals surface area contributed by atoms with Crippen molar-refractivity contribution in [3.05, 3.63) is 0 Å². The molecule has 2 aliphatic rings. The van der Waals surface area contributed by atoms with Crippen LogP contribution in [-0.4, -0.2) is 54.2 Å². The van der Waals surface area contributed by atoms with Gasteiger partial charge in [-0.15, -0.1) is 0 Å². The van der Waals surface area contributed by atoms with Crippen LogP contribution < -0.4 is 0 Å². The molecule has 2 atom stereocenters.